The van der Waals surface area contributed by atoms with E-state index < -0.39 is 17.8 Å². The zero-order valence-electron chi connectivity index (χ0n) is 13.1. The summed E-state index contributed by atoms with van der Waals surface area (Å²) in [4.78, 5) is 16.5. The molecule has 1 aliphatic rings. The number of halogens is 3. The molecule has 1 N–H and O–H groups in total. The normalized spacial score (nSPS) is 14.5. The van der Waals surface area contributed by atoms with E-state index in [9.17, 15) is 18.0 Å². The summed E-state index contributed by atoms with van der Waals surface area (Å²) in [6.07, 6.45) is -0.693. The van der Waals surface area contributed by atoms with Crippen molar-refractivity contribution in [2.24, 2.45) is 0 Å². The largest absolute Gasteiger partial charge is 0.461 e. The molecule has 130 valence electrons. The lowest BCUT2D eigenvalue weighted by Gasteiger charge is -2.16. The SMILES string of the molecule is Cc1nc(C(=O)OCCc2cn[nH]c2C(F)(F)F)c2n1CCCC2. The second-order valence-corrected chi connectivity index (χ2v) is 5.72. The zero-order chi connectivity index (χ0) is 17.3. The van der Waals surface area contributed by atoms with E-state index in [1.165, 1.54) is 0 Å². The van der Waals surface area contributed by atoms with Gasteiger partial charge in [0.2, 0.25) is 0 Å². The van der Waals surface area contributed by atoms with Crippen molar-refractivity contribution in [1.82, 2.24) is 19.7 Å². The van der Waals surface area contributed by atoms with Crippen LogP contribution in [-0.2, 0) is 30.3 Å². The molecule has 24 heavy (non-hydrogen) atoms. The van der Waals surface area contributed by atoms with E-state index in [2.05, 4.69) is 10.1 Å². The summed E-state index contributed by atoms with van der Waals surface area (Å²) in [6.45, 7) is 2.49. The molecule has 0 saturated carbocycles. The Balaban J connectivity index is 1.64. The number of hydrogen-bond donors (Lipinski definition) is 1. The van der Waals surface area contributed by atoms with Gasteiger partial charge in [-0.3, -0.25) is 5.10 Å². The molecule has 6 nitrogen and oxygen atoms in total. The van der Waals surface area contributed by atoms with Gasteiger partial charge in [-0.2, -0.15) is 18.3 Å². The van der Waals surface area contributed by atoms with E-state index in [1.54, 1.807) is 0 Å². The second-order valence-electron chi connectivity index (χ2n) is 5.72. The van der Waals surface area contributed by atoms with Crippen molar-refractivity contribution in [3.05, 3.63) is 34.7 Å². The van der Waals surface area contributed by atoms with Crippen LogP contribution in [0.4, 0.5) is 13.2 Å². The molecule has 3 rings (SSSR count). The summed E-state index contributed by atoms with van der Waals surface area (Å²) in [5, 5.41) is 5.33. The van der Waals surface area contributed by atoms with Crippen molar-refractivity contribution in [2.75, 3.05) is 6.61 Å². The minimum absolute atomic E-state index is 0.0293. The van der Waals surface area contributed by atoms with Crippen LogP contribution in [0.5, 0.6) is 0 Å². The number of ether oxygens (including phenoxy) is 1. The van der Waals surface area contributed by atoms with Crippen LogP contribution in [0.3, 0.4) is 0 Å². The standard InChI is InChI=1S/C15H17F3N4O2/c1-9-20-12(11-4-2-3-6-22(9)11)14(23)24-7-5-10-8-19-21-13(10)15(16,17)18/h8H,2-7H2,1H3,(H,19,21). The quantitative estimate of drug-likeness (QED) is 0.867. The van der Waals surface area contributed by atoms with Crippen molar-refractivity contribution in [3.63, 3.8) is 0 Å². The molecule has 0 saturated heterocycles. The fourth-order valence-corrected chi connectivity index (χ4v) is 2.95. The van der Waals surface area contributed by atoms with Crippen LogP contribution in [0.1, 0.15) is 46.1 Å². The van der Waals surface area contributed by atoms with Crippen LogP contribution in [0.2, 0.25) is 0 Å². The molecular formula is C15H17F3N4O2. The van der Waals surface area contributed by atoms with Gasteiger partial charge in [0.25, 0.3) is 0 Å². The van der Waals surface area contributed by atoms with Crippen molar-refractivity contribution in [1.29, 1.82) is 0 Å². The Labute approximate surface area is 136 Å². The van der Waals surface area contributed by atoms with Crippen molar-refractivity contribution < 1.29 is 22.7 Å². The van der Waals surface area contributed by atoms with Gasteiger partial charge >= 0.3 is 12.1 Å². The highest BCUT2D eigenvalue weighted by atomic mass is 19.4. The molecule has 0 spiro atoms. The summed E-state index contributed by atoms with van der Waals surface area (Å²) in [6, 6.07) is 0. The fraction of sp³-hybridized carbons (Fsp3) is 0.533. The van der Waals surface area contributed by atoms with Gasteiger partial charge in [-0.15, -0.1) is 0 Å². The third kappa shape index (κ3) is 3.15. The van der Waals surface area contributed by atoms with Crippen LogP contribution < -0.4 is 0 Å². The van der Waals surface area contributed by atoms with Crippen LogP contribution >= 0.6 is 0 Å². The van der Waals surface area contributed by atoms with Gasteiger partial charge in [-0.25, -0.2) is 9.78 Å². The summed E-state index contributed by atoms with van der Waals surface area (Å²) in [5.41, 5.74) is 0.186. The third-order valence-electron chi connectivity index (χ3n) is 4.11. The van der Waals surface area contributed by atoms with Crippen LogP contribution in [0, 0.1) is 6.92 Å². The number of nitrogens with one attached hydrogen (secondary N) is 1. The average Bonchev–Trinajstić information content (AvgIpc) is 3.12. The van der Waals surface area contributed by atoms with Crippen LogP contribution in [-0.4, -0.2) is 32.3 Å². The minimum Gasteiger partial charge on any atom is -0.461 e. The van der Waals surface area contributed by atoms with Gasteiger partial charge < -0.3 is 9.30 Å². The number of carbonyl (C=O) groups is 1. The van der Waals surface area contributed by atoms with Gasteiger partial charge in [0.15, 0.2) is 5.69 Å². The van der Waals surface area contributed by atoms with Gasteiger partial charge in [0.05, 0.1) is 18.5 Å². The van der Waals surface area contributed by atoms with E-state index in [0.717, 1.165) is 43.5 Å². The number of aromatic amines is 1. The number of fused-ring (bicyclic) bond motifs is 1. The molecular weight excluding hydrogens is 325 g/mol. The van der Waals surface area contributed by atoms with Crippen molar-refractivity contribution >= 4 is 5.97 Å². The van der Waals surface area contributed by atoms with Gasteiger partial charge in [0.1, 0.15) is 11.5 Å². The maximum atomic E-state index is 12.7. The topological polar surface area (TPSA) is 72.8 Å². The first-order chi connectivity index (χ1) is 11.4. The summed E-state index contributed by atoms with van der Waals surface area (Å²) >= 11 is 0. The molecule has 2 aromatic rings. The first-order valence-corrected chi connectivity index (χ1v) is 7.70. The lowest BCUT2D eigenvalue weighted by atomic mass is 10.1. The number of rotatable bonds is 4. The first-order valence-electron chi connectivity index (χ1n) is 7.70. The lowest BCUT2D eigenvalue weighted by molar-refractivity contribution is -0.141. The van der Waals surface area contributed by atoms with E-state index in [4.69, 9.17) is 4.74 Å². The Morgan fingerprint density at radius 3 is 2.96 bits per heavy atom. The Bertz CT molecular complexity index is 748. The molecule has 9 heteroatoms. The van der Waals surface area contributed by atoms with E-state index in [0.29, 0.717) is 0 Å². The van der Waals surface area contributed by atoms with E-state index in [-0.39, 0.29) is 24.3 Å². The van der Waals surface area contributed by atoms with Gasteiger partial charge in [-0.1, -0.05) is 0 Å². The van der Waals surface area contributed by atoms with Crippen LogP contribution in [0.15, 0.2) is 6.20 Å². The average molecular weight is 342 g/mol. The number of carbonyl (C=O) groups excluding carboxylic acids is 1. The number of imidazole rings is 1. The Morgan fingerprint density at radius 1 is 1.42 bits per heavy atom. The Kier molecular flexibility index (Phi) is 4.33. The Morgan fingerprint density at radius 2 is 2.21 bits per heavy atom. The van der Waals surface area contributed by atoms with Crippen LogP contribution in [0.25, 0.3) is 0 Å². The highest BCUT2D eigenvalue weighted by molar-refractivity contribution is 5.88. The molecule has 0 aromatic carbocycles. The minimum atomic E-state index is -4.50. The zero-order valence-corrected chi connectivity index (χ0v) is 13.1. The molecule has 0 aliphatic carbocycles. The third-order valence-corrected chi connectivity index (χ3v) is 4.11. The molecule has 0 bridgehead atoms. The smallest absolute Gasteiger partial charge is 0.433 e. The predicted molar refractivity (Wildman–Crippen MR) is 77.5 cm³/mol. The van der Waals surface area contributed by atoms with E-state index >= 15 is 0 Å². The molecule has 1 aliphatic heterocycles. The number of hydrogen-bond acceptors (Lipinski definition) is 4. The predicted octanol–water partition coefficient (Wildman–Crippen LogP) is 2.67. The maximum absolute atomic E-state index is 12.7. The number of H-pyrrole nitrogens is 1. The molecule has 2 aromatic heterocycles. The Hall–Kier alpha value is -2.32. The lowest BCUT2D eigenvalue weighted by Crippen LogP contribution is -2.16. The molecule has 3 heterocycles. The number of nitrogens with zero attached hydrogens (tertiary/aromatic N) is 3. The summed E-state index contributed by atoms with van der Waals surface area (Å²) < 4.78 is 45.3. The number of aromatic nitrogens is 4. The molecule has 0 amide bonds. The van der Waals surface area contributed by atoms with Gasteiger partial charge in [-0.05, 0) is 26.2 Å². The highest BCUT2D eigenvalue weighted by Crippen LogP contribution is 2.30. The monoisotopic (exact) mass is 342 g/mol. The number of alkyl halides is 3. The van der Waals surface area contributed by atoms with Crippen molar-refractivity contribution in [2.45, 2.75) is 45.3 Å². The van der Waals surface area contributed by atoms with E-state index in [1.807, 2.05) is 16.6 Å². The summed E-state index contributed by atoms with van der Waals surface area (Å²) in [7, 11) is 0. The fourth-order valence-electron chi connectivity index (χ4n) is 2.95. The number of aryl methyl sites for hydroxylation is 1. The number of esters is 1. The highest BCUT2D eigenvalue weighted by Gasteiger charge is 2.35. The molecule has 0 fully saturated rings. The molecule has 0 atom stereocenters. The van der Waals surface area contributed by atoms with Gasteiger partial charge in [0, 0.05) is 18.5 Å². The second kappa shape index (κ2) is 6.29. The molecule has 0 radical (unpaired) electrons. The van der Waals surface area contributed by atoms with Crippen molar-refractivity contribution in [3.8, 4) is 0 Å². The maximum Gasteiger partial charge on any atom is 0.433 e. The molecule has 0 unspecified atom stereocenters. The first kappa shape index (κ1) is 16.5. The summed E-state index contributed by atoms with van der Waals surface area (Å²) in [5.74, 6) is 0.164.